The van der Waals surface area contributed by atoms with Gasteiger partial charge in [-0.1, -0.05) is 73.4 Å². The van der Waals surface area contributed by atoms with Gasteiger partial charge in [-0.05, 0) is 37.0 Å². The summed E-state index contributed by atoms with van der Waals surface area (Å²) < 4.78 is 26.1. The third-order valence-electron chi connectivity index (χ3n) is 5.22. The zero-order chi connectivity index (χ0) is 25.5. The average molecular weight is 529 g/mol. The number of benzene rings is 2. The van der Waals surface area contributed by atoms with Crippen molar-refractivity contribution in [2.75, 3.05) is 30.2 Å². The van der Waals surface area contributed by atoms with Crippen molar-refractivity contribution in [3.05, 3.63) is 64.1 Å². The lowest BCUT2D eigenvalue weighted by Crippen LogP contribution is -2.52. The fourth-order valence-corrected chi connectivity index (χ4v) is 4.60. The number of rotatable bonds is 11. The summed E-state index contributed by atoms with van der Waals surface area (Å²) in [5.41, 5.74) is 1.10. The molecular formula is C24H31Cl2N3O4S. The van der Waals surface area contributed by atoms with Crippen molar-refractivity contribution < 1.29 is 18.0 Å². The Balaban J connectivity index is 2.33. The minimum Gasteiger partial charge on any atom is -0.354 e. The van der Waals surface area contributed by atoms with Crippen LogP contribution in [0.4, 0.5) is 5.69 Å². The van der Waals surface area contributed by atoms with Crippen LogP contribution in [0.2, 0.25) is 10.0 Å². The van der Waals surface area contributed by atoms with Gasteiger partial charge in [0.25, 0.3) is 0 Å². The second kappa shape index (κ2) is 12.4. The number of carbonyl (C=O) groups excluding carboxylic acids is 2. The quantitative estimate of drug-likeness (QED) is 0.478. The fraction of sp³-hybridized carbons (Fsp3) is 0.417. The van der Waals surface area contributed by atoms with Crippen molar-refractivity contribution in [1.29, 1.82) is 0 Å². The molecule has 0 aliphatic heterocycles. The molecule has 1 N–H and O–H groups in total. The third kappa shape index (κ3) is 7.89. The van der Waals surface area contributed by atoms with Crippen molar-refractivity contribution in [2.45, 2.75) is 33.2 Å². The van der Waals surface area contributed by atoms with Gasteiger partial charge in [-0.15, -0.1) is 0 Å². The summed E-state index contributed by atoms with van der Waals surface area (Å²) in [5.74, 6) is -0.582. The van der Waals surface area contributed by atoms with Crippen LogP contribution in [0, 0.1) is 5.92 Å². The molecule has 186 valence electrons. The second-order valence-electron chi connectivity index (χ2n) is 8.48. The fourth-order valence-electron chi connectivity index (χ4n) is 3.30. The Labute approximate surface area is 212 Å². The Hall–Kier alpha value is -2.29. The highest BCUT2D eigenvalue weighted by Crippen LogP contribution is 2.33. The first-order valence-electron chi connectivity index (χ1n) is 10.9. The zero-order valence-corrected chi connectivity index (χ0v) is 22.1. The molecule has 0 saturated carbocycles. The van der Waals surface area contributed by atoms with Crippen LogP contribution >= 0.6 is 23.2 Å². The van der Waals surface area contributed by atoms with E-state index in [4.69, 9.17) is 23.2 Å². The molecule has 0 fully saturated rings. The first-order chi connectivity index (χ1) is 15.9. The summed E-state index contributed by atoms with van der Waals surface area (Å²) in [6.07, 6.45) is 1.50. The molecule has 0 spiro atoms. The van der Waals surface area contributed by atoms with E-state index in [0.717, 1.165) is 16.1 Å². The molecule has 0 bridgehead atoms. The topological polar surface area (TPSA) is 86.8 Å². The summed E-state index contributed by atoms with van der Waals surface area (Å²) in [6, 6.07) is 13.3. The highest BCUT2D eigenvalue weighted by molar-refractivity contribution is 7.92. The van der Waals surface area contributed by atoms with Crippen LogP contribution in [0.3, 0.4) is 0 Å². The Bertz CT molecular complexity index is 1090. The maximum absolute atomic E-state index is 13.4. The minimum absolute atomic E-state index is 0.0287. The van der Waals surface area contributed by atoms with Crippen molar-refractivity contribution in [3.8, 4) is 0 Å². The van der Waals surface area contributed by atoms with E-state index in [1.165, 1.54) is 17.0 Å². The number of halogens is 2. The van der Waals surface area contributed by atoms with E-state index in [0.29, 0.717) is 13.0 Å². The Morgan fingerprint density at radius 2 is 1.65 bits per heavy atom. The molecule has 34 heavy (non-hydrogen) atoms. The lowest BCUT2D eigenvalue weighted by molar-refractivity contribution is -0.138. The Morgan fingerprint density at radius 1 is 1.00 bits per heavy atom. The highest BCUT2D eigenvalue weighted by atomic mass is 35.5. The summed E-state index contributed by atoms with van der Waals surface area (Å²) in [6.45, 7) is 5.77. The molecule has 0 radical (unpaired) electrons. The van der Waals surface area contributed by atoms with Gasteiger partial charge in [0.2, 0.25) is 21.8 Å². The molecule has 0 aromatic heterocycles. The number of nitrogens with zero attached hydrogens (tertiary/aromatic N) is 2. The molecule has 2 rings (SSSR count). The van der Waals surface area contributed by atoms with E-state index in [1.54, 1.807) is 13.0 Å². The van der Waals surface area contributed by atoms with Gasteiger partial charge in [0.15, 0.2) is 0 Å². The number of anilines is 1. The van der Waals surface area contributed by atoms with Gasteiger partial charge in [0, 0.05) is 13.1 Å². The van der Waals surface area contributed by atoms with E-state index >= 15 is 0 Å². The molecule has 0 saturated heterocycles. The molecule has 10 heteroatoms. The van der Waals surface area contributed by atoms with Crippen LogP contribution in [0.1, 0.15) is 26.3 Å². The van der Waals surface area contributed by atoms with E-state index in [-0.39, 0.29) is 34.1 Å². The molecule has 0 unspecified atom stereocenters. The molecule has 7 nitrogen and oxygen atoms in total. The SMILES string of the molecule is CC(C)CNC(=O)[C@@H](C)N(CCc1ccccc1)C(=O)CN(c1cccc(Cl)c1Cl)S(C)(=O)=O. The van der Waals surface area contributed by atoms with Crippen LogP contribution < -0.4 is 9.62 Å². The largest absolute Gasteiger partial charge is 0.354 e. The number of hydrogen-bond acceptors (Lipinski definition) is 4. The lowest BCUT2D eigenvalue weighted by Gasteiger charge is -2.32. The lowest BCUT2D eigenvalue weighted by atomic mass is 10.1. The van der Waals surface area contributed by atoms with Gasteiger partial charge in [-0.25, -0.2) is 8.42 Å². The van der Waals surface area contributed by atoms with Crippen LogP contribution in [0.15, 0.2) is 48.5 Å². The number of carbonyl (C=O) groups is 2. The summed E-state index contributed by atoms with van der Waals surface area (Å²) in [7, 11) is -3.88. The molecule has 2 aromatic rings. The van der Waals surface area contributed by atoms with Gasteiger partial charge in [0.05, 0.1) is 22.0 Å². The first kappa shape index (κ1) is 28.0. The van der Waals surface area contributed by atoms with Crippen LogP contribution in [-0.4, -0.2) is 57.1 Å². The molecule has 1 atom stereocenters. The van der Waals surface area contributed by atoms with Crippen LogP contribution in [-0.2, 0) is 26.0 Å². The van der Waals surface area contributed by atoms with Crippen molar-refractivity contribution in [2.24, 2.45) is 5.92 Å². The summed E-state index contributed by atoms with van der Waals surface area (Å²) >= 11 is 12.3. The van der Waals surface area contributed by atoms with E-state index in [1.807, 2.05) is 44.2 Å². The van der Waals surface area contributed by atoms with Crippen molar-refractivity contribution in [3.63, 3.8) is 0 Å². The van der Waals surface area contributed by atoms with Gasteiger partial charge in [-0.3, -0.25) is 13.9 Å². The first-order valence-corrected chi connectivity index (χ1v) is 13.5. The Morgan fingerprint density at radius 3 is 2.24 bits per heavy atom. The third-order valence-corrected chi connectivity index (χ3v) is 7.15. The number of sulfonamides is 1. The second-order valence-corrected chi connectivity index (χ2v) is 11.2. The smallest absolute Gasteiger partial charge is 0.244 e. The predicted molar refractivity (Wildman–Crippen MR) is 138 cm³/mol. The van der Waals surface area contributed by atoms with Crippen molar-refractivity contribution >= 4 is 50.7 Å². The van der Waals surface area contributed by atoms with Crippen molar-refractivity contribution in [1.82, 2.24) is 10.2 Å². The Kier molecular flexibility index (Phi) is 10.2. The van der Waals surface area contributed by atoms with Gasteiger partial charge < -0.3 is 10.2 Å². The van der Waals surface area contributed by atoms with Gasteiger partial charge in [0.1, 0.15) is 12.6 Å². The maximum Gasteiger partial charge on any atom is 0.244 e. The molecule has 2 amide bonds. The minimum atomic E-state index is -3.88. The summed E-state index contributed by atoms with van der Waals surface area (Å²) in [4.78, 5) is 27.6. The summed E-state index contributed by atoms with van der Waals surface area (Å²) in [5, 5.41) is 3.04. The highest BCUT2D eigenvalue weighted by Gasteiger charge is 2.30. The number of hydrogen-bond donors (Lipinski definition) is 1. The molecule has 0 heterocycles. The van der Waals surface area contributed by atoms with Crippen LogP contribution in [0.5, 0.6) is 0 Å². The van der Waals surface area contributed by atoms with Gasteiger partial charge in [-0.2, -0.15) is 0 Å². The molecule has 2 aromatic carbocycles. The van der Waals surface area contributed by atoms with E-state index in [9.17, 15) is 18.0 Å². The molecular weight excluding hydrogens is 497 g/mol. The van der Waals surface area contributed by atoms with E-state index in [2.05, 4.69) is 5.32 Å². The average Bonchev–Trinajstić information content (AvgIpc) is 2.77. The normalized spacial score (nSPS) is 12.3. The maximum atomic E-state index is 13.4. The number of nitrogens with one attached hydrogen (secondary N) is 1. The van der Waals surface area contributed by atoms with E-state index < -0.39 is 28.5 Å². The number of amides is 2. The zero-order valence-electron chi connectivity index (χ0n) is 19.8. The molecule has 0 aliphatic carbocycles. The standard InChI is InChI=1S/C24H31Cl2N3O4S/c1-17(2)15-27-24(31)18(3)28(14-13-19-9-6-5-7-10-19)22(30)16-29(34(4,32)33)21-12-8-11-20(25)23(21)26/h5-12,17-18H,13-16H2,1-4H3,(H,27,31)/t18-/m1/s1. The van der Waals surface area contributed by atoms with Gasteiger partial charge >= 0.3 is 0 Å². The molecule has 0 aliphatic rings. The predicted octanol–water partition coefficient (Wildman–Crippen LogP) is 3.99. The van der Waals surface area contributed by atoms with Crippen LogP contribution in [0.25, 0.3) is 0 Å². The monoisotopic (exact) mass is 527 g/mol.